The molecule has 0 saturated heterocycles. The fourth-order valence-corrected chi connectivity index (χ4v) is 7.00. The van der Waals surface area contributed by atoms with Crippen LogP contribution in [0.15, 0.2) is 71.6 Å². The number of nitrogens with zero attached hydrogens (tertiary/aromatic N) is 2. The normalized spacial score (nSPS) is 14.4. The van der Waals surface area contributed by atoms with Crippen molar-refractivity contribution >= 4 is 50.7 Å². The lowest BCUT2D eigenvalue weighted by Crippen LogP contribution is -2.53. The van der Waals surface area contributed by atoms with Crippen molar-refractivity contribution in [2.45, 2.75) is 76.4 Å². The summed E-state index contributed by atoms with van der Waals surface area (Å²) in [6.45, 7) is 5.29. The highest BCUT2D eigenvalue weighted by atomic mass is 35.5. The van der Waals surface area contributed by atoms with E-state index in [1.54, 1.807) is 12.1 Å². The van der Waals surface area contributed by atoms with Crippen LogP contribution in [0.4, 0.5) is 5.69 Å². The van der Waals surface area contributed by atoms with Gasteiger partial charge < -0.3 is 10.2 Å². The van der Waals surface area contributed by atoms with Gasteiger partial charge in [-0.15, -0.1) is 0 Å². The van der Waals surface area contributed by atoms with Crippen molar-refractivity contribution in [3.05, 3.63) is 93.5 Å². The molecule has 0 aliphatic heterocycles. The van der Waals surface area contributed by atoms with Crippen molar-refractivity contribution in [3.8, 4) is 0 Å². The molecule has 1 aliphatic carbocycles. The number of hydrogen-bond acceptors (Lipinski definition) is 4. The molecule has 0 spiro atoms. The van der Waals surface area contributed by atoms with Gasteiger partial charge in [0.2, 0.25) is 11.8 Å². The first-order valence-electron chi connectivity index (χ1n) is 14.2. The summed E-state index contributed by atoms with van der Waals surface area (Å²) in [5.41, 5.74) is 2.95. The highest BCUT2D eigenvalue weighted by molar-refractivity contribution is 7.92. The zero-order valence-corrected chi connectivity index (χ0v) is 26.5. The molecule has 0 radical (unpaired) electrons. The number of rotatable bonds is 11. The summed E-state index contributed by atoms with van der Waals surface area (Å²) in [6.07, 6.45) is 4.31. The first-order valence-corrected chi connectivity index (χ1v) is 16.4. The van der Waals surface area contributed by atoms with Gasteiger partial charge in [0.05, 0.1) is 20.6 Å². The Hall–Kier alpha value is -3.07. The average Bonchev–Trinajstić information content (AvgIpc) is 3.46. The maximum Gasteiger partial charge on any atom is 0.264 e. The Morgan fingerprint density at radius 1 is 0.929 bits per heavy atom. The SMILES string of the molecule is CCC(C(=O)NC1CCCC1)N(Cc1cccc(C)c1)C(=O)CN(c1ccc(Cl)c(Cl)c1)S(=O)(=O)c1ccc(C)cc1. The number of carbonyl (C=O) groups excluding carboxylic acids is 2. The lowest BCUT2D eigenvalue weighted by molar-refractivity contribution is -0.140. The number of benzene rings is 3. The molecule has 0 bridgehead atoms. The first-order chi connectivity index (χ1) is 20.0. The van der Waals surface area contributed by atoms with E-state index in [-0.39, 0.29) is 39.1 Å². The molecule has 1 saturated carbocycles. The third-order valence-electron chi connectivity index (χ3n) is 7.60. The Morgan fingerprint density at radius 2 is 1.62 bits per heavy atom. The molecule has 1 fully saturated rings. The lowest BCUT2D eigenvalue weighted by atomic mass is 10.1. The van der Waals surface area contributed by atoms with E-state index in [1.165, 1.54) is 35.2 Å². The quantitative estimate of drug-likeness (QED) is 0.256. The predicted molar refractivity (Wildman–Crippen MR) is 168 cm³/mol. The zero-order chi connectivity index (χ0) is 30.4. The highest BCUT2D eigenvalue weighted by Crippen LogP contribution is 2.31. The molecule has 0 aromatic heterocycles. The predicted octanol–water partition coefficient (Wildman–Crippen LogP) is 6.67. The Balaban J connectivity index is 1.73. The number of anilines is 1. The summed E-state index contributed by atoms with van der Waals surface area (Å²) in [5.74, 6) is -0.737. The molecule has 1 atom stereocenters. The van der Waals surface area contributed by atoms with Crippen LogP contribution in [0.5, 0.6) is 0 Å². The van der Waals surface area contributed by atoms with Crippen LogP contribution in [0.2, 0.25) is 10.0 Å². The molecule has 10 heteroatoms. The fourth-order valence-electron chi connectivity index (χ4n) is 5.30. The van der Waals surface area contributed by atoms with Crippen molar-refractivity contribution in [3.63, 3.8) is 0 Å². The lowest BCUT2D eigenvalue weighted by Gasteiger charge is -2.34. The summed E-state index contributed by atoms with van der Waals surface area (Å²) < 4.78 is 29.0. The van der Waals surface area contributed by atoms with E-state index in [9.17, 15) is 18.0 Å². The van der Waals surface area contributed by atoms with Crippen LogP contribution in [-0.2, 0) is 26.2 Å². The van der Waals surface area contributed by atoms with Crippen LogP contribution in [0.1, 0.15) is 55.7 Å². The van der Waals surface area contributed by atoms with Gasteiger partial charge in [-0.25, -0.2) is 8.42 Å². The Morgan fingerprint density at radius 3 is 2.24 bits per heavy atom. The zero-order valence-electron chi connectivity index (χ0n) is 24.1. The second-order valence-corrected chi connectivity index (χ2v) is 13.5. The molecule has 1 aliphatic rings. The van der Waals surface area contributed by atoms with Crippen LogP contribution in [0, 0.1) is 13.8 Å². The maximum atomic E-state index is 14.2. The summed E-state index contributed by atoms with van der Waals surface area (Å²) in [5, 5.41) is 3.54. The van der Waals surface area contributed by atoms with E-state index < -0.39 is 28.5 Å². The van der Waals surface area contributed by atoms with Crippen molar-refractivity contribution < 1.29 is 18.0 Å². The largest absolute Gasteiger partial charge is 0.352 e. The minimum absolute atomic E-state index is 0.0308. The van der Waals surface area contributed by atoms with Crippen molar-refractivity contribution in [1.29, 1.82) is 0 Å². The summed E-state index contributed by atoms with van der Waals surface area (Å²) >= 11 is 12.4. The van der Waals surface area contributed by atoms with Gasteiger partial charge in [0.25, 0.3) is 10.0 Å². The summed E-state index contributed by atoms with van der Waals surface area (Å²) in [6, 6.07) is 17.9. The van der Waals surface area contributed by atoms with E-state index in [1.807, 2.05) is 45.0 Å². The number of nitrogens with one attached hydrogen (secondary N) is 1. The smallest absolute Gasteiger partial charge is 0.264 e. The van der Waals surface area contributed by atoms with Crippen LogP contribution in [-0.4, -0.2) is 43.8 Å². The van der Waals surface area contributed by atoms with Crippen molar-refractivity contribution in [1.82, 2.24) is 10.2 Å². The number of hydrogen-bond donors (Lipinski definition) is 1. The maximum absolute atomic E-state index is 14.2. The fraction of sp³-hybridized carbons (Fsp3) is 0.375. The van der Waals surface area contributed by atoms with Crippen molar-refractivity contribution in [2.24, 2.45) is 0 Å². The molecular weight excluding hydrogens is 593 g/mol. The van der Waals surface area contributed by atoms with Crippen LogP contribution in [0.3, 0.4) is 0 Å². The Kier molecular flexibility index (Phi) is 10.6. The minimum atomic E-state index is -4.20. The number of aryl methyl sites for hydroxylation is 2. The molecule has 0 heterocycles. The number of carbonyl (C=O) groups is 2. The van der Waals surface area contributed by atoms with Gasteiger partial charge >= 0.3 is 0 Å². The van der Waals surface area contributed by atoms with E-state index >= 15 is 0 Å². The van der Waals surface area contributed by atoms with Gasteiger partial charge in [-0.3, -0.25) is 13.9 Å². The van der Waals surface area contributed by atoms with Crippen LogP contribution in [0.25, 0.3) is 0 Å². The molecular formula is C32H37Cl2N3O4S. The number of amides is 2. The second kappa shape index (κ2) is 13.9. The van der Waals surface area contributed by atoms with Gasteiger partial charge in [-0.1, -0.05) is 90.5 Å². The van der Waals surface area contributed by atoms with Gasteiger partial charge in [-0.2, -0.15) is 0 Å². The Bertz CT molecular complexity index is 1520. The molecule has 4 rings (SSSR count). The number of halogens is 2. The highest BCUT2D eigenvalue weighted by Gasteiger charge is 2.34. The van der Waals surface area contributed by atoms with Crippen molar-refractivity contribution in [2.75, 3.05) is 10.8 Å². The van der Waals surface area contributed by atoms with E-state index in [4.69, 9.17) is 23.2 Å². The van der Waals surface area contributed by atoms with Gasteiger partial charge in [0.1, 0.15) is 12.6 Å². The molecule has 3 aromatic rings. The third kappa shape index (κ3) is 7.65. The topological polar surface area (TPSA) is 86.8 Å². The van der Waals surface area contributed by atoms with Gasteiger partial charge in [-0.05, 0) is 69.0 Å². The van der Waals surface area contributed by atoms with Gasteiger partial charge in [0, 0.05) is 12.6 Å². The summed E-state index contributed by atoms with van der Waals surface area (Å²) in [4.78, 5) is 29.3. The first kappa shape index (κ1) is 31.9. The number of sulfonamides is 1. The minimum Gasteiger partial charge on any atom is -0.352 e. The molecule has 1 unspecified atom stereocenters. The molecule has 3 aromatic carbocycles. The van der Waals surface area contributed by atoms with E-state index in [0.29, 0.717) is 6.42 Å². The van der Waals surface area contributed by atoms with E-state index in [2.05, 4.69) is 5.32 Å². The molecule has 224 valence electrons. The standard InChI is InChI=1S/C32H37Cl2N3O4S/c1-4-30(32(39)35-25-10-5-6-11-25)36(20-24-9-7-8-23(3)18-24)31(38)21-37(26-14-17-28(33)29(34)19-26)42(40,41)27-15-12-22(2)13-16-27/h7-9,12-19,25,30H,4-6,10-11,20-21H2,1-3H3,(H,35,39). The average molecular weight is 631 g/mol. The van der Waals surface area contributed by atoms with E-state index in [0.717, 1.165) is 46.7 Å². The van der Waals surface area contributed by atoms with Gasteiger partial charge in [0.15, 0.2) is 0 Å². The summed E-state index contributed by atoms with van der Waals surface area (Å²) in [7, 11) is -4.20. The Labute approximate surface area is 258 Å². The second-order valence-electron chi connectivity index (χ2n) is 10.8. The molecule has 7 nitrogen and oxygen atoms in total. The molecule has 1 N–H and O–H groups in total. The molecule has 42 heavy (non-hydrogen) atoms. The third-order valence-corrected chi connectivity index (χ3v) is 10.1. The molecule has 2 amide bonds. The van der Waals surface area contributed by atoms with Crippen LogP contribution >= 0.6 is 23.2 Å². The monoisotopic (exact) mass is 629 g/mol. The van der Waals surface area contributed by atoms with Crippen LogP contribution < -0.4 is 9.62 Å².